The maximum absolute atomic E-state index is 6.37. The zero-order chi connectivity index (χ0) is 20.3. The van der Waals surface area contributed by atoms with Crippen LogP contribution in [0.2, 0.25) is 0 Å². The van der Waals surface area contributed by atoms with E-state index < -0.39 is 0 Å². The molecule has 0 aliphatic heterocycles. The van der Waals surface area contributed by atoms with E-state index in [1.54, 1.807) is 13.4 Å². The van der Waals surface area contributed by atoms with Gasteiger partial charge in [0.15, 0.2) is 0 Å². The van der Waals surface area contributed by atoms with E-state index in [0.717, 1.165) is 50.8 Å². The summed E-state index contributed by atoms with van der Waals surface area (Å²) in [7, 11) is 1.66. The van der Waals surface area contributed by atoms with Crippen LogP contribution < -0.4 is 4.74 Å². The first-order valence-corrected chi connectivity index (χ1v) is 9.80. The van der Waals surface area contributed by atoms with Crippen LogP contribution in [0.15, 0.2) is 112 Å². The molecule has 3 aromatic carbocycles. The number of hydrogen-bond acceptors (Lipinski definition) is 3. The second kappa shape index (κ2) is 7.80. The topological polar surface area (TPSA) is 35.5 Å². The fourth-order valence-corrected chi connectivity index (χ4v) is 3.62. The minimum atomic E-state index is 0.780. The lowest BCUT2D eigenvalue weighted by Crippen LogP contribution is -1.81. The molecule has 0 spiro atoms. The summed E-state index contributed by atoms with van der Waals surface area (Å²) in [5.41, 5.74) is 5.05. The largest absolute Gasteiger partial charge is 0.497 e. The molecule has 0 N–H and O–H groups in total. The zero-order valence-corrected chi connectivity index (χ0v) is 16.5. The fraction of sp³-hybridized carbons (Fsp3) is 0.0370. The van der Waals surface area contributed by atoms with Gasteiger partial charge in [0.25, 0.3) is 0 Å². The number of hydrogen-bond donors (Lipinski definition) is 0. The Bertz CT molecular complexity index is 1250. The lowest BCUT2D eigenvalue weighted by atomic mass is 10.00. The summed E-state index contributed by atoms with van der Waals surface area (Å²) in [4.78, 5) is 0. The minimum absolute atomic E-state index is 0.780. The van der Waals surface area contributed by atoms with E-state index in [0.29, 0.717) is 0 Å². The quantitative estimate of drug-likeness (QED) is 0.310. The molecule has 0 fully saturated rings. The summed E-state index contributed by atoms with van der Waals surface area (Å²) in [6, 6.07) is 32.3. The first-order chi connectivity index (χ1) is 14.8. The number of rotatable bonds is 5. The third kappa shape index (κ3) is 3.31. The van der Waals surface area contributed by atoms with Crippen LogP contribution in [0.25, 0.3) is 45.1 Å². The molecule has 2 aromatic heterocycles. The maximum Gasteiger partial charge on any atom is 0.145 e. The van der Waals surface area contributed by atoms with Crippen LogP contribution >= 0.6 is 0 Å². The average Bonchev–Trinajstić information content (AvgIpc) is 3.48. The van der Waals surface area contributed by atoms with Gasteiger partial charge in [-0.1, -0.05) is 60.7 Å². The van der Waals surface area contributed by atoms with Crippen molar-refractivity contribution in [1.29, 1.82) is 0 Å². The summed E-state index contributed by atoms with van der Waals surface area (Å²) in [5, 5.41) is 0. The van der Waals surface area contributed by atoms with Crippen LogP contribution in [0, 0.1) is 0 Å². The highest BCUT2D eigenvalue weighted by atomic mass is 16.5. The molecule has 0 saturated carbocycles. The molecule has 3 nitrogen and oxygen atoms in total. The average molecular weight is 392 g/mol. The van der Waals surface area contributed by atoms with E-state index >= 15 is 0 Å². The molecule has 0 radical (unpaired) electrons. The van der Waals surface area contributed by atoms with E-state index in [2.05, 4.69) is 18.2 Å². The third-order valence-electron chi connectivity index (χ3n) is 5.14. The standard InChI is InChI=1S/C27H20O3/c1-28-22-14-12-20(13-15-22)25-18-24(26(30-25)21-10-6-3-7-11-21)27-23(16-17-29-27)19-8-4-2-5-9-19/h2-18H,1H3. The highest BCUT2D eigenvalue weighted by Gasteiger charge is 2.21. The molecule has 0 bridgehead atoms. The van der Waals surface area contributed by atoms with Crippen molar-refractivity contribution in [3.8, 4) is 50.8 Å². The summed E-state index contributed by atoms with van der Waals surface area (Å²) >= 11 is 0. The highest BCUT2D eigenvalue weighted by molar-refractivity contribution is 5.89. The summed E-state index contributed by atoms with van der Waals surface area (Å²) in [6.07, 6.45) is 1.73. The van der Waals surface area contributed by atoms with E-state index in [4.69, 9.17) is 13.6 Å². The molecule has 5 rings (SSSR count). The molecule has 0 amide bonds. The van der Waals surface area contributed by atoms with Gasteiger partial charge in [-0.25, -0.2) is 0 Å². The zero-order valence-electron chi connectivity index (χ0n) is 16.5. The van der Waals surface area contributed by atoms with Gasteiger partial charge < -0.3 is 13.6 Å². The predicted molar refractivity (Wildman–Crippen MR) is 119 cm³/mol. The molecule has 146 valence electrons. The van der Waals surface area contributed by atoms with Gasteiger partial charge in [0.05, 0.1) is 18.9 Å². The number of benzene rings is 3. The molecule has 30 heavy (non-hydrogen) atoms. The Morgan fingerprint density at radius 2 is 1.27 bits per heavy atom. The van der Waals surface area contributed by atoms with Crippen LogP contribution in [0.1, 0.15) is 0 Å². The summed E-state index contributed by atoms with van der Waals surface area (Å²) in [5.74, 6) is 3.17. The smallest absolute Gasteiger partial charge is 0.145 e. The second-order valence-corrected chi connectivity index (χ2v) is 6.98. The minimum Gasteiger partial charge on any atom is -0.497 e. The van der Waals surface area contributed by atoms with Crippen molar-refractivity contribution in [1.82, 2.24) is 0 Å². The van der Waals surface area contributed by atoms with Crippen LogP contribution in [0.5, 0.6) is 5.75 Å². The fourth-order valence-electron chi connectivity index (χ4n) is 3.62. The lowest BCUT2D eigenvalue weighted by molar-refractivity contribution is 0.415. The third-order valence-corrected chi connectivity index (χ3v) is 5.14. The predicted octanol–water partition coefficient (Wildman–Crippen LogP) is 7.55. The molecular formula is C27H20O3. The SMILES string of the molecule is COc1ccc(-c2cc(-c3occc3-c3ccccc3)c(-c3ccccc3)o2)cc1. The molecule has 2 heterocycles. The van der Waals surface area contributed by atoms with Crippen molar-refractivity contribution in [2.24, 2.45) is 0 Å². The van der Waals surface area contributed by atoms with Gasteiger partial charge in [-0.3, -0.25) is 0 Å². The van der Waals surface area contributed by atoms with Crippen molar-refractivity contribution in [2.45, 2.75) is 0 Å². The van der Waals surface area contributed by atoms with E-state index in [9.17, 15) is 0 Å². The van der Waals surface area contributed by atoms with Gasteiger partial charge >= 0.3 is 0 Å². The van der Waals surface area contributed by atoms with Gasteiger partial charge in [0.2, 0.25) is 0 Å². The molecular weight excluding hydrogens is 372 g/mol. The number of furan rings is 2. The van der Waals surface area contributed by atoms with Crippen molar-refractivity contribution in [3.63, 3.8) is 0 Å². The van der Waals surface area contributed by atoms with E-state index in [-0.39, 0.29) is 0 Å². The van der Waals surface area contributed by atoms with Gasteiger partial charge in [-0.05, 0) is 42.0 Å². The normalized spacial score (nSPS) is 10.8. The van der Waals surface area contributed by atoms with Gasteiger partial charge in [0.1, 0.15) is 23.0 Å². The molecule has 5 aromatic rings. The van der Waals surface area contributed by atoms with Gasteiger partial charge in [-0.2, -0.15) is 0 Å². The Balaban J connectivity index is 1.68. The number of ether oxygens (including phenoxy) is 1. The first-order valence-electron chi connectivity index (χ1n) is 9.80. The number of methoxy groups -OCH3 is 1. The van der Waals surface area contributed by atoms with Gasteiger partial charge in [0, 0.05) is 16.7 Å². The highest BCUT2D eigenvalue weighted by Crippen LogP contribution is 2.43. The molecule has 0 aliphatic rings. The van der Waals surface area contributed by atoms with Crippen LogP contribution in [-0.4, -0.2) is 7.11 Å². The Morgan fingerprint density at radius 3 is 1.93 bits per heavy atom. The first kappa shape index (κ1) is 18.1. The second-order valence-electron chi connectivity index (χ2n) is 6.98. The molecule has 0 unspecified atom stereocenters. The summed E-state index contributed by atoms with van der Waals surface area (Å²) in [6.45, 7) is 0. The molecule has 0 saturated heterocycles. The van der Waals surface area contributed by atoms with Crippen molar-refractivity contribution < 1.29 is 13.6 Å². The van der Waals surface area contributed by atoms with E-state index in [1.165, 1.54) is 0 Å². The van der Waals surface area contributed by atoms with Crippen LogP contribution in [0.4, 0.5) is 0 Å². The Morgan fingerprint density at radius 1 is 0.600 bits per heavy atom. The summed E-state index contributed by atoms with van der Waals surface area (Å²) < 4.78 is 17.6. The van der Waals surface area contributed by atoms with Crippen molar-refractivity contribution in [3.05, 3.63) is 103 Å². The van der Waals surface area contributed by atoms with E-state index in [1.807, 2.05) is 78.9 Å². The van der Waals surface area contributed by atoms with Crippen LogP contribution in [-0.2, 0) is 0 Å². The Kier molecular flexibility index (Phi) is 4.70. The van der Waals surface area contributed by atoms with Crippen LogP contribution in [0.3, 0.4) is 0 Å². The Hall–Kier alpha value is -3.98. The van der Waals surface area contributed by atoms with Crippen molar-refractivity contribution >= 4 is 0 Å². The monoisotopic (exact) mass is 392 g/mol. The van der Waals surface area contributed by atoms with Gasteiger partial charge in [-0.15, -0.1) is 0 Å². The molecule has 0 aliphatic carbocycles. The van der Waals surface area contributed by atoms with Crippen molar-refractivity contribution in [2.75, 3.05) is 7.11 Å². The lowest BCUT2D eigenvalue weighted by Gasteiger charge is -2.04. The molecule has 3 heteroatoms. The maximum atomic E-state index is 6.37. The molecule has 0 atom stereocenters. The Labute approximate surface area is 175 Å².